The molecule has 2 aromatic rings. The molecule has 2 aromatic carbocycles. The Morgan fingerprint density at radius 2 is 1.93 bits per heavy atom. The first kappa shape index (κ1) is 20.5. The van der Waals surface area contributed by atoms with Crippen LogP contribution in [0.1, 0.15) is 18.1 Å². The molecule has 7 heteroatoms. The van der Waals surface area contributed by atoms with Crippen molar-refractivity contribution in [3.05, 3.63) is 59.2 Å². The Hall–Kier alpha value is -2.83. The fourth-order valence-electron chi connectivity index (χ4n) is 2.61. The maximum absolute atomic E-state index is 13.7. The van der Waals surface area contributed by atoms with E-state index in [2.05, 4.69) is 15.6 Å². The molecule has 0 spiro atoms. The second-order valence-corrected chi connectivity index (χ2v) is 5.89. The molecule has 2 rings (SSSR count). The van der Waals surface area contributed by atoms with Crippen LogP contribution in [0.25, 0.3) is 0 Å². The molecule has 0 aliphatic rings. The van der Waals surface area contributed by atoms with E-state index < -0.39 is 11.6 Å². The van der Waals surface area contributed by atoms with Gasteiger partial charge in [-0.2, -0.15) is 0 Å². The number of nitrogens with one attached hydrogen (secondary N) is 2. The number of phenols is 1. The summed E-state index contributed by atoms with van der Waals surface area (Å²) in [5.41, 5.74) is 1.07. The van der Waals surface area contributed by atoms with Crippen molar-refractivity contribution >= 4 is 5.96 Å². The lowest BCUT2D eigenvalue weighted by Gasteiger charge is -2.12. The van der Waals surface area contributed by atoms with Crippen LogP contribution in [0, 0.1) is 11.6 Å². The van der Waals surface area contributed by atoms with Crippen molar-refractivity contribution in [3.63, 3.8) is 0 Å². The monoisotopic (exact) mass is 377 g/mol. The molecular weight excluding hydrogens is 352 g/mol. The lowest BCUT2D eigenvalue weighted by atomic mass is 10.1. The Bertz CT molecular complexity index is 782. The fourth-order valence-corrected chi connectivity index (χ4v) is 2.61. The number of methoxy groups -OCH3 is 1. The van der Waals surface area contributed by atoms with Gasteiger partial charge in [-0.05, 0) is 55.2 Å². The van der Waals surface area contributed by atoms with Gasteiger partial charge in [-0.1, -0.05) is 12.1 Å². The Morgan fingerprint density at radius 1 is 1.11 bits per heavy atom. The van der Waals surface area contributed by atoms with Crippen LogP contribution in [-0.4, -0.2) is 37.8 Å². The molecule has 0 radical (unpaired) electrons. The predicted molar refractivity (Wildman–Crippen MR) is 102 cm³/mol. The number of para-hydroxylation sites is 1. The van der Waals surface area contributed by atoms with Gasteiger partial charge in [0.2, 0.25) is 0 Å². The number of hydrogen-bond acceptors (Lipinski definition) is 3. The van der Waals surface area contributed by atoms with E-state index in [1.54, 1.807) is 6.07 Å². The summed E-state index contributed by atoms with van der Waals surface area (Å²) in [5, 5.41) is 16.3. The van der Waals surface area contributed by atoms with Crippen molar-refractivity contribution < 1.29 is 18.6 Å². The zero-order valence-electron chi connectivity index (χ0n) is 15.6. The van der Waals surface area contributed by atoms with E-state index in [0.717, 1.165) is 17.7 Å². The third-order valence-electron chi connectivity index (χ3n) is 3.99. The molecule has 0 aliphatic carbocycles. The van der Waals surface area contributed by atoms with Gasteiger partial charge in [0, 0.05) is 19.6 Å². The molecule has 0 saturated heterocycles. The summed E-state index contributed by atoms with van der Waals surface area (Å²) in [7, 11) is 1.51. The van der Waals surface area contributed by atoms with Gasteiger partial charge < -0.3 is 20.5 Å². The molecule has 0 amide bonds. The van der Waals surface area contributed by atoms with E-state index in [9.17, 15) is 13.9 Å². The highest BCUT2D eigenvalue weighted by molar-refractivity contribution is 5.79. The normalized spacial score (nSPS) is 11.3. The van der Waals surface area contributed by atoms with Crippen LogP contribution in [0.15, 0.2) is 41.4 Å². The lowest BCUT2D eigenvalue weighted by molar-refractivity contribution is 0.370. The van der Waals surface area contributed by atoms with Crippen LogP contribution in [-0.2, 0) is 12.8 Å². The van der Waals surface area contributed by atoms with Crippen molar-refractivity contribution in [2.24, 2.45) is 4.99 Å². The summed E-state index contributed by atoms with van der Waals surface area (Å²) >= 11 is 0. The standard InChI is InChI=1S/C20H25F2N3O2/c1-3-23-20(25-12-10-15-13-16(21)7-8-17(15)22)24-11-9-14-5-4-6-18(27-2)19(14)26/h4-8,13,26H,3,9-12H2,1-2H3,(H2,23,24,25). The zero-order chi connectivity index (χ0) is 19.6. The van der Waals surface area contributed by atoms with E-state index in [4.69, 9.17) is 4.74 Å². The molecular formula is C20H25F2N3O2. The number of halogens is 2. The Kier molecular flexibility index (Phi) is 7.85. The van der Waals surface area contributed by atoms with E-state index in [1.807, 2.05) is 19.1 Å². The predicted octanol–water partition coefficient (Wildman–Crippen LogP) is 3.02. The van der Waals surface area contributed by atoms with Gasteiger partial charge in [0.15, 0.2) is 17.5 Å². The van der Waals surface area contributed by atoms with Gasteiger partial charge in [0.05, 0.1) is 7.11 Å². The van der Waals surface area contributed by atoms with Gasteiger partial charge in [0.1, 0.15) is 11.6 Å². The van der Waals surface area contributed by atoms with Crippen LogP contribution < -0.4 is 15.4 Å². The third kappa shape index (κ3) is 6.13. The smallest absolute Gasteiger partial charge is 0.191 e. The number of rotatable bonds is 8. The third-order valence-corrected chi connectivity index (χ3v) is 3.99. The van der Waals surface area contributed by atoms with Crippen molar-refractivity contribution in [1.29, 1.82) is 0 Å². The van der Waals surface area contributed by atoms with E-state index in [1.165, 1.54) is 13.2 Å². The molecule has 0 fully saturated rings. The number of phenolic OH excluding ortho intramolecular Hbond substituents is 1. The van der Waals surface area contributed by atoms with Gasteiger partial charge in [0.25, 0.3) is 0 Å². The summed E-state index contributed by atoms with van der Waals surface area (Å²) in [6.45, 7) is 3.48. The highest BCUT2D eigenvalue weighted by Gasteiger charge is 2.07. The molecule has 3 N–H and O–H groups in total. The average Bonchev–Trinajstić information content (AvgIpc) is 2.66. The van der Waals surface area contributed by atoms with Crippen molar-refractivity contribution in [3.8, 4) is 11.5 Å². The summed E-state index contributed by atoms with van der Waals surface area (Å²) in [5.74, 6) is 0.253. The summed E-state index contributed by atoms with van der Waals surface area (Å²) in [6.07, 6.45) is 0.878. The quantitative estimate of drug-likeness (QED) is 0.489. The summed E-state index contributed by atoms with van der Waals surface area (Å²) < 4.78 is 32.0. The summed E-state index contributed by atoms with van der Waals surface area (Å²) in [4.78, 5) is 4.45. The number of guanidine groups is 1. The summed E-state index contributed by atoms with van der Waals surface area (Å²) in [6, 6.07) is 8.76. The van der Waals surface area contributed by atoms with Gasteiger partial charge in [-0.3, -0.25) is 4.99 Å². The number of benzene rings is 2. The first-order valence-corrected chi connectivity index (χ1v) is 8.86. The average molecular weight is 377 g/mol. The topological polar surface area (TPSA) is 65.9 Å². The minimum Gasteiger partial charge on any atom is -0.504 e. The molecule has 0 atom stereocenters. The SMILES string of the molecule is CCNC(=NCCc1cccc(OC)c1O)NCCc1cc(F)ccc1F. The molecule has 0 bridgehead atoms. The lowest BCUT2D eigenvalue weighted by Crippen LogP contribution is -2.38. The molecule has 0 heterocycles. The van der Waals surface area contributed by atoms with Gasteiger partial charge in [-0.25, -0.2) is 8.78 Å². The Morgan fingerprint density at radius 3 is 2.67 bits per heavy atom. The van der Waals surface area contributed by atoms with Crippen molar-refractivity contribution in [2.75, 3.05) is 26.7 Å². The minimum absolute atomic E-state index is 0.120. The molecule has 0 saturated carbocycles. The van der Waals surface area contributed by atoms with Gasteiger partial charge in [-0.15, -0.1) is 0 Å². The maximum Gasteiger partial charge on any atom is 0.191 e. The molecule has 0 aromatic heterocycles. The van der Waals surface area contributed by atoms with E-state index in [-0.39, 0.29) is 5.75 Å². The first-order chi connectivity index (χ1) is 13.0. The Balaban J connectivity index is 1.91. The maximum atomic E-state index is 13.7. The fraction of sp³-hybridized carbons (Fsp3) is 0.350. The van der Waals surface area contributed by atoms with Crippen molar-refractivity contribution in [2.45, 2.75) is 19.8 Å². The number of ether oxygens (including phenoxy) is 1. The van der Waals surface area contributed by atoms with Crippen LogP contribution in [0.4, 0.5) is 8.78 Å². The second kappa shape index (κ2) is 10.4. The number of aromatic hydroxyl groups is 1. The van der Waals surface area contributed by atoms with Crippen molar-refractivity contribution in [1.82, 2.24) is 10.6 Å². The van der Waals surface area contributed by atoms with Crippen LogP contribution in [0.3, 0.4) is 0 Å². The Labute approximate surface area is 158 Å². The molecule has 5 nitrogen and oxygen atoms in total. The first-order valence-electron chi connectivity index (χ1n) is 8.86. The molecule has 0 unspecified atom stereocenters. The zero-order valence-corrected chi connectivity index (χ0v) is 15.6. The minimum atomic E-state index is -0.454. The largest absolute Gasteiger partial charge is 0.504 e. The molecule has 27 heavy (non-hydrogen) atoms. The number of nitrogens with zero attached hydrogens (tertiary/aromatic N) is 1. The van der Waals surface area contributed by atoms with Crippen LogP contribution >= 0.6 is 0 Å². The highest BCUT2D eigenvalue weighted by Crippen LogP contribution is 2.29. The molecule has 0 aliphatic heterocycles. The second-order valence-electron chi connectivity index (χ2n) is 5.89. The van der Waals surface area contributed by atoms with Crippen LogP contribution in [0.2, 0.25) is 0 Å². The number of aliphatic imine (C=N–C) groups is 1. The van der Waals surface area contributed by atoms with Gasteiger partial charge >= 0.3 is 0 Å². The number of hydrogen-bond donors (Lipinski definition) is 3. The van der Waals surface area contributed by atoms with E-state index in [0.29, 0.717) is 49.7 Å². The van der Waals surface area contributed by atoms with Crippen LogP contribution in [0.5, 0.6) is 11.5 Å². The highest BCUT2D eigenvalue weighted by atomic mass is 19.1. The molecule has 146 valence electrons. The van der Waals surface area contributed by atoms with E-state index >= 15 is 0 Å².